The first-order chi connectivity index (χ1) is 11.3. The van der Waals surface area contributed by atoms with Crippen LogP contribution in [0.1, 0.15) is 12.0 Å². The summed E-state index contributed by atoms with van der Waals surface area (Å²) in [5, 5.41) is 3.19. The monoisotopic (exact) mass is 474 g/mol. The molecular formula is C16H23F4IN4. The van der Waals surface area contributed by atoms with Crippen molar-refractivity contribution >= 4 is 29.9 Å². The minimum Gasteiger partial charge on any atom is -0.352 e. The Hall–Kier alpha value is -1.10. The second-order valence-corrected chi connectivity index (χ2v) is 6.01. The molecule has 0 aromatic heterocycles. The highest BCUT2D eigenvalue weighted by Crippen LogP contribution is 2.20. The highest BCUT2D eigenvalue weighted by atomic mass is 127. The van der Waals surface area contributed by atoms with Gasteiger partial charge in [-0.3, -0.25) is 9.89 Å². The van der Waals surface area contributed by atoms with Gasteiger partial charge in [0.05, 0.1) is 6.54 Å². The van der Waals surface area contributed by atoms with E-state index in [0.717, 1.165) is 5.56 Å². The zero-order valence-electron chi connectivity index (χ0n) is 14.2. The van der Waals surface area contributed by atoms with Crippen LogP contribution in [-0.4, -0.2) is 61.7 Å². The molecule has 1 aliphatic rings. The van der Waals surface area contributed by atoms with Crippen LogP contribution in [-0.2, 0) is 6.54 Å². The number of nitrogens with one attached hydrogen (secondary N) is 1. The smallest absolute Gasteiger partial charge is 0.352 e. The molecule has 0 spiro atoms. The summed E-state index contributed by atoms with van der Waals surface area (Å²) in [7, 11) is 3.43. The van der Waals surface area contributed by atoms with Crippen molar-refractivity contribution in [3.05, 3.63) is 35.6 Å². The molecule has 1 heterocycles. The van der Waals surface area contributed by atoms with Crippen molar-refractivity contribution in [1.82, 2.24) is 15.1 Å². The van der Waals surface area contributed by atoms with Crippen molar-refractivity contribution in [3.8, 4) is 0 Å². The van der Waals surface area contributed by atoms with E-state index in [1.54, 1.807) is 13.1 Å². The van der Waals surface area contributed by atoms with Gasteiger partial charge in [-0.15, -0.1) is 24.0 Å². The normalized spacial score (nSPS) is 18.8. The van der Waals surface area contributed by atoms with Crippen molar-refractivity contribution in [2.45, 2.75) is 25.2 Å². The number of benzene rings is 1. The molecular weight excluding hydrogens is 451 g/mol. The Morgan fingerprint density at radius 1 is 1.40 bits per heavy atom. The Morgan fingerprint density at radius 3 is 2.72 bits per heavy atom. The maximum atomic E-state index is 13.2. The summed E-state index contributed by atoms with van der Waals surface area (Å²) in [4.78, 5) is 7.37. The Kier molecular flexibility index (Phi) is 8.39. The van der Waals surface area contributed by atoms with Crippen molar-refractivity contribution in [1.29, 1.82) is 0 Å². The summed E-state index contributed by atoms with van der Waals surface area (Å²) in [5.74, 6) is 0.278. The van der Waals surface area contributed by atoms with E-state index >= 15 is 0 Å². The lowest BCUT2D eigenvalue weighted by atomic mass is 10.2. The van der Waals surface area contributed by atoms with Crippen LogP contribution in [0.4, 0.5) is 17.6 Å². The highest BCUT2D eigenvalue weighted by Gasteiger charge is 2.34. The SMILES string of the molecule is CN=C(NC1CCN(CC(F)(F)F)C1)N(C)Cc1cccc(F)c1.I. The van der Waals surface area contributed by atoms with Gasteiger partial charge in [0.2, 0.25) is 0 Å². The van der Waals surface area contributed by atoms with E-state index in [4.69, 9.17) is 0 Å². The standard InChI is InChI=1S/C16H22F4N4.HI/c1-21-15(23(2)9-12-4-3-5-13(17)8-12)22-14-6-7-24(10-14)11-16(18,19)20;/h3-5,8,14H,6-7,9-11H2,1-2H3,(H,21,22);1H. The molecule has 142 valence electrons. The summed E-state index contributed by atoms with van der Waals surface area (Å²) in [5.41, 5.74) is 0.797. The maximum absolute atomic E-state index is 13.2. The van der Waals surface area contributed by atoms with Gasteiger partial charge in [-0.2, -0.15) is 13.2 Å². The largest absolute Gasteiger partial charge is 0.401 e. The second-order valence-electron chi connectivity index (χ2n) is 6.01. The van der Waals surface area contributed by atoms with E-state index in [1.807, 2.05) is 18.0 Å². The van der Waals surface area contributed by atoms with Gasteiger partial charge >= 0.3 is 6.18 Å². The van der Waals surface area contributed by atoms with E-state index in [2.05, 4.69) is 10.3 Å². The quantitative estimate of drug-likeness (QED) is 0.315. The molecule has 0 bridgehead atoms. The molecule has 1 N–H and O–H groups in total. The van der Waals surface area contributed by atoms with E-state index in [9.17, 15) is 17.6 Å². The number of nitrogens with zero attached hydrogens (tertiary/aromatic N) is 3. The Balaban J connectivity index is 0.00000312. The average Bonchev–Trinajstić information content (AvgIpc) is 2.89. The number of guanidine groups is 1. The van der Waals surface area contributed by atoms with Crippen LogP contribution in [0.25, 0.3) is 0 Å². The number of aliphatic imine (C=N–C) groups is 1. The zero-order valence-corrected chi connectivity index (χ0v) is 16.5. The van der Waals surface area contributed by atoms with Crippen LogP contribution < -0.4 is 5.32 Å². The van der Waals surface area contributed by atoms with Crippen molar-refractivity contribution < 1.29 is 17.6 Å². The molecule has 4 nitrogen and oxygen atoms in total. The molecule has 1 unspecified atom stereocenters. The van der Waals surface area contributed by atoms with Crippen molar-refractivity contribution in [3.63, 3.8) is 0 Å². The van der Waals surface area contributed by atoms with Gasteiger partial charge in [0.1, 0.15) is 5.82 Å². The molecule has 0 amide bonds. The topological polar surface area (TPSA) is 30.9 Å². The molecule has 1 aromatic rings. The fourth-order valence-corrected chi connectivity index (χ4v) is 2.86. The molecule has 1 aromatic carbocycles. The minimum absolute atomic E-state index is 0. The lowest BCUT2D eigenvalue weighted by Gasteiger charge is -2.25. The van der Waals surface area contributed by atoms with E-state index in [1.165, 1.54) is 17.0 Å². The average molecular weight is 474 g/mol. The first-order valence-corrected chi connectivity index (χ1v) is 7.75. The van der Waals surface area contributed by atoms with Crippen LogP contribution in [0.5, 0.6) is 0 Å². The first-order valence-electron chi connectivity index (χ1n) is 7.75. The van der Waals surface area contributed by atoms with Crippen LogP contribution in [0.3, 0.4) is 0 Å². The van der Waals surface area contributed by atoms with E-state index in [0.29, 0.717) is 32.0 Å². The molecule has 1 atom stereocenters. The molecule has 1 fully saturated rings. The molecule has 0 saturated carbocycles. The predicted octanol–water partition coefficient (Wildman–Crippen LogP) is 3.09. The predicted molar refractivity (Wildman–Crippen MR) is 101 cm³/mol. The summed E-state index contributed by atoms with van der Waals surface area (Å²) < 4.78 is 50.6. The number of alkyl halides is 3. The molecule has 25 heavy (non-hydrogen) atoms. The van der Waals surface area contributed by atoms with E-state index in [-0.39, 0.29) is 35.8 Å². The van der Waals surface area contributed by atoms with Gasteiger partial charge in [-0.05, 0) is 24.1 Å². The summed E-state index contributed by atoms with van der Waals surface area (Å²) in [6.45, 7) is 0.299. The Labute approximate surface area is 162 Å². The molecule has 0 radical (unpaired) electrons. The van der Waals surface area contributed by atoms with Gasteiger partial charge in [0.25, 0.3) is 0 Å². The molecule has 0 aliphatic carbocycles. The zero-order chi connectivity index (χ0) is 17.7. The van der Waals surface area contributed by atoms with Crippen LogP contribution >= 0.6 is 24.0 Å². The molecule has 2 rings (SSSR count). The van der Waals surface area contributed by atoms with Gasteiger partial charge < -0.3 is 10.2 Å². The van der Waals surface area contributed by atoms with Crippen molar-refractivity contribution in [2.24, 2.45) is 4.99 Å². The third-order valence-corrected chi connectivity index (χ3v) is 3.89. The van der Waals surface area contributed by atoms with Gasteiger partial charge in [-0.1, -0.05) is 12.1 Å². The number of hydrogen-bond donors (Lipinski definition) is 1. The summed E-state index contributed by atoms with van der Waals surface area (Å²) >= 11 is 0. The number of halogens is 5. The second kappa shape index (κ2) is 9.56. The number of hydrogen-bond acceptors (Lipinski definition) is 2. The van der Waals surface area contributed by atoms with Crippen LogP contribution in [0.15, 0.2) is 29.3 Å². The molecule has 1 aliphatic heterocycles. The highest BCUT2D eigenvalue weighted by molar-refractivity contribution is 14.0. The Morgan fingerprint density at radius 2 is 2.12 bits per heavy atom. The van der Waals surface area contributed by atoms with Gasteiger partial charge in [-0.25, -0.2) is 4.39 Å². The molecule has 1 saturated heterocycles. The first kappa shape index (κ1) is 21.9. The maximum Gasteiger partial charge on any atom is 0.401 e. The third kappa shape index (κ3) is 7.35. The van der Waals surface area contributed by atoms with Gasteiger partial charge in [0, 0.05) is 39.8 Å². The lowest BCUT2D eigenvalue weighted by molar-refractivity contribution is -0.143. The summed E-state index contributed by atoms with van der Waals surface area (Å²) in [6.07, 6.45) is -3.55. The van der Waals surface area contributed by atoms with Crippen LogP contribution in [0.2, 0.25) is 0 Å². The number of likely N-dealkylation sites (tertiary alicyclic amines) is 1. The van der Waals surface area contributed by atoms with Crippen LogP contribution in [0, 0.1) is 5.82 Å². The van der Waals surface area contributed by atoms with Crippen molar-refractivity contribution in [2.75, 3.05) is 33.7 Å². The molecule has 9 heteroatoms. The summed E-state index contributed by atoms with van der Waals surface area (Å²) in [6, 6.07) is 6.20. The minimum atomic E-state index is -4.18. The fourth-order valence-electron chi connectivity index (χ4n) is 2.86. The fraction of sp³-hybridized carbons (Fsp3) is 0.562. The third-order valence-electron chi connectivity index (χ3n) is 3.89. The van der Waals surface area contributed by atoms with Gasteiger partial charge in [0.15, 0.2) is 5.96 Å². The lowest BCUT2D eigenvalue weighted by Crippen LogP contribution is -2.45. The Bertz CT molecular complexity index is 579. The number of rotatable bonds is 4. The van der Waals surface area contributed by atoms with E-state index < -0.39 is 12.7 Å².